The molecule has 0 bridgehead atoms. The zero-order valence-corrected chi connectivity index (χ0v) is 12.1. The summed E-state index contributed by atoms with van der Waals surface area (Å²) in [5, 5.41) is 8.64. The molecule has 0 spiro atoms. The van der Waals surface area contributed by atoms with Crippen LogP contribution in [0.4, 0.5) is 5.69 Å². The maximum absolute atomic E-state index is 10.5. The smallest absolute Gasteiger partial charge is 0.303 e. The van der Waals surface area contributed by atoms with Crippen LogP contribution in [0.5, 0.6) is 0 Å². The van der Waals surface area contributed by atoms with Crippen LogP contribution in [0.1, 0.15) is 12.0 Å². The van der Waals surface area contributed by atoms with Gasteiger partial charge >= 0.3 is 5.97 Å². The molecular formula is C13H18Cl2N2O2. The van der Waals surface area contributed by atoms with E-state index < -0.39 is 11.5 Å². The predicted molar refractivity (Wildman–Crippen MR) is 79.2 cm³/mol. The first kappa shape index (κ1) is 16.1. The van der Waals surface area contributed by atoms with Gasteiger partial charge in [0.15, 0.2) is 0 Å². The largest absolute Gasteiger partial charge is 0.481 e. The number of aryl methyl sites for hydroxylation is 1. The second-order valence-corrected chi connectivity index (χ2v) is 5.15. The molecule has 0 aliphatic heterocycles. The number of carbonyl (C=O) groups is 1. The summed E-state index contributed by atoms with van der Waals surface area (Å²) in [6.07, 6.45) is 0.664. The van der Waals surface area contributed by atoms with Gasteiger partial charge in [-0.05, 0) is 24.1 Å². The molecule has 0 radical (unpaired) electrons. The molecule has 0 fully saturated rings. The van der Waals surface area contributed by atoms with Crippen LogP contribution >= 0.6 is 23.2 Å². The molecule has 0 aromatic heterocycles. The third-order valence-electron chi connectivity index (χ3n) is 2.68. The van der Waals surface area contributed by atoms with Gasteiger partial charge in [-0.15, -0.1) is 23.2 Å². The van der Waals surface area contributed by atoms with E-state index in [-0.39, 0.29) is 6.42 Å². The summed E-state index contributed by atoms with van der Waals surface area (Å²) in [7, 11) is 0. The van der Waals surface area contributed by atoms with Crippen molar-refractivity contribution < 1.29 is 9.90 Å². The lowest BCUT2D eigenvalue weighted by Gasteiger charge is -2.25. The average molecular weight is 305 g/mol. The van der Waals surface area contributed by atoms with Crippen LogP contribution in [0.25, 0.3) is 0 Å². The molecule has 0 amide bonds. The lowest BCUT2D eigenvalue weighted by Crippen LogP contribution is -2.35. The number of anilines is 1. The second kappa shape index (κ2) is 8.25. The van der Waals surface area contributed by atoms with Crippen molar-refractivity contribution in [1.82, 2.24) is 0 Å². The van der Waals surface area contributed by atoms with Crippen LogP contribution in [-0.4, -0.2) is 35.5 Å². The van der Waals surface area contributed by atoms with Crippen molar-refractivity contribution in [1.29, 1.82) is 0 Å². The zero-order chi connectivity index (χ0) is 14.3. The number of alkyl halides is 2. The van der Waals surface area contributed by atoms with Crippen LogP contribution in [0.2, 0.25) is 0 Å². The third kappa shape index (κ3) is 6.14. The maximum Gasteiger partial charge on any atom is 0.303 e. The van der Waals surface area contributed by atoms with E-state index in [2.05, 4.69) is 0 Å². The van der Waals surface area contributed by atoms with Crippen LogP contribution in [0.15, 0.2) is 24.3 Å². The highest BCUT2D eigenvalue weighted by molar-refractivity contribution is 6.20. The Balaban J connectivity index is 2.68. The number of aliphatic carboxylic acids is 1. The van der Waals surface area contributed by atoms with E-state index in [0.29, 0.717) is 25.4 Å². The van der Waals surface area contributed by atoms with E-state index in [1.807, 2.05) is 29.2 Å². The Morgan fingerprint density at radius 3 is 2.47 bits per heavy atom. The van der Waals surface area contributed by atoms with Crippen molar-refractivity contribution in [3.63, 3.8) is 0 Å². The molecular weight excluding hydrogens is 287 g/mol. The molecule has 1 atom stereocenters. The van der Waals surface area contributed by atoms with Gasteiger partial charge < -0.3 is 15.7 Å². The van der Waals surface area contributed by atoms with Crippen molar-refractivity contribution in [2.24, 2.45) is 5.73 Å². The Bertz CT molecular complexity index is 396. The first-order valence-corrected chi connectivity index (χ1v) is 7.01. The molecule has 6 heteroatoms. The van der Waals surface area contributed by atoms with E-state index in [1.54, 1.807) is 0 Å². The summed E-state index contributed by atoms with van der Waals surface area (Å²) < 4.78 is 0. The summed E-state index contributed by atoms with van der Waals surface area (Å²) in [4.78, 5) is 12.5. The Morgan fingerprint density at radius 2 is 2.00 bits per heavy atom. The molecule has 0 aliphatic carbocycles. The van der Waals surface area contributed by atoms with E-state index in [0.717, 1.165) is 11.3 Å². The fourth-order valence-electron chi connectivity index (χ4n) is 1.76. The number of carboxylic acid groups (broad SMARTS) is 1. The molecule has 106 valence electrons. The minimum Gasteiger partial charge on any atom is -0.481 e. The molecule has 0 unspecified atom stereocenters. The summed E-state index contributed by atoms with van der Waals surface area (Å²) in [6.45, 7) is 1.18. The standard InChI is InChI=1S/C13H18Cl2N2O2/c14-7-8-17(9-12(15)16)11-4-1-10(2-5-11)3-6-13(18)19/h1-2,4-5,12H,3,6-9,16H2,(H,18,19)/t12-/m1/s1. The van der Waals surface area contributed by atoms with Gasteiger partial charge in [-0.1, -0.05) is 12.1 Å². The van der Waals surface area contributed by atoms with Crippen LogP contribution in [0.3, 0.4) is 0 Å². The molecule has 0 saturated carbocycles. The molecule has 3 N–H and O–H groups in total. The Kier molecular flexibility index (Phi) is 6.99. The van der Waals surface area contributed by atoms with E-state index in [4.69, 9.17) is 34.0 Å². The zero-order valence-electron chi connectivity index (χ0n) is 10.6. The van der Waals surface area contributed by atoms with Crippen molar-refractivity contribution in [2.75, 3.05) is 23.9 Å². The lowest BCUT2D eigenvalue weighted by molar-refractivity contribution is -0.136. The number of carboxylic acids is 1. The number of rotatable bonds is 8. The number of nitrogens with two attached hydrogens (primary N) is 1. The topological polar surface area (TPSA) is 66.6 Å². The molecule has 19 heavy (non-hydrogen) atoms. The molecule has 0 aliphatic rings. The maximum atomic E-state index is 10.5. The summed E-state index contributed by atoms with van der Waals surface area (Å²) in [6, 6.07) is 7.70. The quantitative estimate of drug-likeness (QED) is 0.571. The van der Waals surface area contributed by atoms with Gasteiger partial charge in [0.25, 0.3) is 0 Å². The van der Waals surface area contributed by atoms with E-state index >= 15 is 0 Å². The van der Waals surface area contributed by atoms with Crippen molar-refractivity contribution >= 4 is 34.9 Å². The van der Waals surface area contributed by atoms with Crippen molar-refractivity contribution in [3.8, 4) is 0 Å². The lowest BCUT2D eigenvalue weighted by atomic mass is 10.1. The first-order chi connectivity index (χ1) is 9.02. The number of hydrogen-bond acceptors (Lipinski definition) is 3. The summed E-state index contributed by atoms with van der Waals surface area (Å²) in [5.74, 6) is -0.300. The predicted octanol–water partition coefficient (Wildman–Crippen LogP) is 2.27. The minimum atomic E-state index is -0.791. The Hall–Kier alpha value is -0.970. The van der Waals surface area contributed by atoms with Crippen LogP contribution in [-0.2, 0) is 11.2 Å². The van der Waals surface area contributed by atoms with Gasteiger partial charge in [0.05, 0.1) is 5.50 Å². The summed E-state index contributed by atoms with van der Waals surface area (Å²) in [5.41, 5.74) is 7.11. The monoisotopic (exact) mass is 304 g/mol. The van der Waals surface area contributed by atoms with Crippen LogP contribution in [0, 0.1) is 0 Å². The van der Waals surface area contributed by atoms with E-state index in [9.17, 15) is 4.79 Å². The fraction of sp³-hybridized carbons (Fsp3) is 0.462. The molecule has 1 aromatic carbocycles. The van der Waals surface area contributed by atoms with Gasteiger partial charge in [0.1, 0.15) is 0 Å². The summed E-state index contributed by atoms with van der Waals surface area (Å²) >= 11 is 11.6. The first-order valence-electron chi connectivity index (χ1n) is 6.04. The molecule has 1 aromatic rings. The number of halogens is 2. The number of hydrogen-bond donors (Lipinski definition) is 2. The molecule has 4 nitrogen and oxygen atoms in total. The average Bonchev–Trinajstić information content (AvgIpc) is 2.36. The third-order valence-corrected chi connectivity index (χ3v) is 2.99. The van der Waals surface area contributed by atoms with E-state index in [1.165, 1.54) is 0 Å². The highest BCUT2D eigenvalue weighted by Gasteiger charge is 2.09. The van der Waals surface area contributed by atoms with Gasteiger partial charge in [0, 0.05) is 31.1 Å². The van der Waals surface area contributed by atoms with Gasteiger partial charge in [-0.2, -0.15) is 0 Å². The second-order valence-electron chi connectivity index (χ2n) is 4.21. The molecule has 1 rings (SSSR count). The Labute approximate surface area is 123 Å². The molecule has 0 heterocycles. The highest BCUT2D eigenvalue weighted by atomic mass is 35.5. The fourth-order valence-corrected chi connectivity index (χ4v) is 2.13. The van der Waals surface area contributed by atoms with Gasteiger partial charge in [-0.3, -0.25) is 4.79 Å². The SMILES string of the molecule is N[C@@H](Cl)CN(CCCl)c1ccc(CCC(=O)O)cc1. The number of nitrogens with zero attached hydrogens (tertiary/aromatic N) is 1. The van der Waals surface area contributed by atoms with Crippen molar-refractivity contribution in [3.05, 3.63) is 29.8 Å². The number of benzene rings is 1. The Morgan fingerprint density at radius 1 is 1.37 bits per heavy atom. The van der Waals surface area contributed by atoms with Gasteiger partial charge in [0.2, 0.25) is 0 Å². The van der Waals surface area contributed by atoms with Crippen LogP contribution < -0.4 is 10.6 Å². The normalized spacial score (nSPS) is 12.2. The highest BCUT2D eigenvalue weighted by Crippen LogP contribution is 2.17. The molecule has 0 saturated heterocycles. The minimum absolute atomic E-state index is 0.136. The van der Waals surface area contributed by atoms with Gasteiger partial charge in [-0.25, -0.2) is 0 Å². The van der Waals surface area contributed by atoms with Crippen molar-refractivity contribution in [2.45, 2.75) is 18.3 Å².